The minimum absolute atomic E-state index is 0.0317. The highest BCUT2D eigenvalue weighted by atomic mass is 16.5. The number of hydrogen-bond acceptors (Lipinski definition) is 4. The first-order chi connectivity index (χ1) is 10.8. The SMILES string of the molecule is COC(=O)CCN(CCCN(C)C)C(=O)c1ccc(C)c(C)c1. The minimum Gasteiger partial charge on any atom is -0.469 e. The van der Waals surface area contributed by atoms with Gasteiger partial charge in [-0.3, -0.25) is 9.59 Å². The van der Waals surface area contributed by atoms with E-state index in [4.69, 9.17) is 0 Å². The van der Waals surface area contributed by atoms with E-state index in [-0.39, 0.29) is 18.3 Å². The molecule has 5 nitrogen and oxygen atoms in total. The van der Waals surface area contributed by atoms with Crippen molar-refractivity contribution in [3.05, 3.63) is 34.9 Å². The van der Waals surface area contributed by atoms with Gasteiger partial charge in [0.05, 0.1) is 13.5 Å². The normalized spacial score (nSPS) is 10.7. The summed E-state index contributed by atoms with van der Waals surface area (Å²) in [6.45, 7) is 5.92. The lowest BCUT2D eigenvalue weighted by molar-refractivity contribution is -0.140. The van der Waals surface area contributed by atoms with E-state index >= 15 is 0 Å². The van der Waals surface area contributed by atoms with Crippen molar-refractivity contribution >= 4 is 11.9 Å². The molecule has 0 N–H and O–H groups in total. The van der Waals surface area contributed by atoms with Crippen LogP contribution < -0.4 is 0 Å². The van der Waals surface area contributed by atoms with E-state index in [2.05, 4.69) is 9.64 Å². The van der Waals surface area contributed by atoms with Gasteiger partial charge in [-0.15, -0.1) is 0 Å². The number of ether oxygens (including phenoxy) is 1. The van der Waals surface area contributed by atoms with Gasteiger partial charge in [0, 0.05) is 18.7 Å². The van der Waals surface area contributed by atoms with E-state index < -0.39 is 0 Å². The molecule has 0 saturated carbocycles. The molecular weight excluding hydrogens is 292 g/mol. The molecule has 0 aliphatic rings. The zero-order valence-corrected chi connectivity index (χ0v) is 14.9. The van der Waals surface area contributed by atoms with E-state index in [0.717, 1.165) is 24.1 Å². The van der Waals surface area contributed by atoms with Gasteiger partial charge in [0.25, 0.3) is 5.91 Å². The van der Waals surface area contributed by atoms with Crippen LogP contribution in [0.5, 0.6) is 0 Å². The Balaban J connectivity index is 2.80. The Morgan fingerprint density at radius 3 is 2.30 bits per heavy atom. The lowest BCUT2D eigenvalue weighted by Crippen LogP contribution is -2.35. The summed E-state index contributed by atoms with van der Waals surface area (Å²) in [5.41, 5.74) is 2.93. The molecular formula is C18H28N2O3. The number of aryl methyl sites for hydroxylation is 2. The van der Waals surface area contributed by atoms with Crippen molar-refractivity contribution in [2.75, 3.05) is 40.8 Å². The molecule has 23 heavy (non-hydrogen) atoms. The number of methoxy groups -OCH3 is 1. The maximum atomic E-state index is 12.7. The smallest absolute Gasteiger partial charge is 0.307 e. The number of esters is 1. The fraction of sp³-hybridized carbons (Fsp3) is 0.556. The van der Waals surface area contributed by atoms with Gasteiger partial charge < -0.3 is 14.5 Å². The van der Waals surface area contributed by atoms with E-state index in [9.17, 15) is 9.59 Å². The first kappa shape index (κ1) is 19.2. The van der Waals surface area contributed by atoms with Crippen LogP contribution in [-0.4, -0.2) is 62.5 Å². The van der Waals surface area contributed by atoms with Crippen LogP contribution >= 0.6 is 0 Å². The molecule has 0 spiro atoms. The summed E-state index contributed by atoms with van der Waals surface area (Å²) < 4.78 is 4.68. The number of amides is 1. The molecule has 0 unspecified atom stereocenters. The Labute approximate surface area is 139 Å². The lowest BCUT2D eigenvalue weighted by Gasteiger charge is -2.23. The van der Waals surface area contributed by atoms with Crippen LogP contribution in [0.25, 0.3) is 0 Å². The molecule has 0 atom stereocenters. The third kappa shape index (κ3) is 6.40. The molecule has 1 amide bonds. The summed E-state index contributed by atoms with van der Waals surface area (Å²) in [4.78, 5) is 28.0. The van der Waals surface area contributed by atoms with Gasteiger partial charge >= 0.3 is 5.97 Å². The topological polar surface area (TPSA) is 49.9 Å². The third-order valence-corrected chi connectivity index (χ3v) is 3.89. The predicted molar refractivity (Wildman–Crippen MR) is 91.6 cm³/mol. The predicted octanol–water partition coefficient (Wildman–Crippen LogP) is 2.26. The standard InChI is InChI=1S/C18H28N2O3/c1-14-7-8-16(13-15(14)2)18(22)20(11-6-10-19(3)4)12-9-17(21)23-5/h7-8,13H,6,9-12H2,1-5H3. The van der Waals surface area contributed by atoms with Crippen LogP contribution in [0.1, 0.15) is 34.3 Å². The van der Waals surface area contributed by atoms with Gasteiger partial charge in [-0.1, -0.05) is 6.07 Å². The molecule has 0 heterocycles. The van der Waals surface area contributed by atoms with Gasteiger partial charge in [0.1, 0.15) is 0 Å². The van der Waals surface area contributed by atoms with Crippen molar-refractivity contribution in [3.63, 3.8) is 0 Å². The van der Waals surface area contributed by atoms with Crippen molar-refractivity contribution in [1.29, 1.82) is 0 Å². The summed E-state index contributed by atoms with van der Waals surface area (Å²) in [7, 11) is 5.37. The average Bonchev–Trinajstić information content (AvgIpc) is 2.51. The van der Waals surface area contributed by atoms with Crippen molar-refractivity contribution in [2.45, 2.75) is 26.7 Å². The van der Waals surface area contributed by atoms with Crippen LogP contribution in [0.15, 0.2) is 18.2 Å². The molecule has 1 rings (SSSR count). The third-order valence-electron chi connectivity index (χ3n) is 3.89. The first-order valence-corrected chi connectivity index (χ1v) is 7.93. The molecule has 5 heteroatoms. The van der Waals surface area contributed by atoms with E-state index in [1.54, 1.807) is 4.90 Å². The van der Waals surface area contributed by atoms with Crippen LogP contribution in [0, 0.1) is 13.8 Å². The quantitative estimate of drug-likeness (QED) is 0.690. The summed E-state index contributed by atoms with van der Waals surface area (Å²) in [6.07, 6.45) is 1.08. The lowest BCUT2D eigenvalue weighted by atomic mass is 10.1. The molecule has 0 aliphatic carbocycles. The van der Waals surface area contributed by atoms with Crippen molar-refractivity contribution < 1.29 is 14.3 Å². The molecule has 0 saturated heterocycles. The molecule has 1 aromatic rings. The molecule has 0 aliphatic heterocycles. The highest BCUT2D eigenvalue weighted by Crippen LogP contribution is 2.13. The van der Waals surface area contributed by atoms with Crippen molar-refractivity contribution in [3.8, 4) is 0 Å². The largest absolute Gasteiger partial charge is 0.469 e. The maximum Gasteiger partial charge on any atom is 0.307 e. The maximum absolute atomic E-state index is 12.7. The Morgan fingerprint density at radius 1 is 1.04 bits per heavy atom. The fourth-order valence-corrected chi connectivity index (χ4v) is 2.28. The Morgan fingerprint density at radius 2 is 1.74 bits per heavy atom. The van der Waals surface area contributed by atoms with E-state index in [0.29, 0.717) is 18.7 Å². The molecule has 0 fully saturated rings. The number of hydrogen-bond donors (Lipinski definition) is 0. The van der Waals surface area contributed by atoms with Crippen molar-refractivity contribution in [1.82, 2.24) is 9.80 Å². The zero-order chi connectivity index (χ0) is 17.4. The van der Waals surface area contributed by atoms with Gasteiger partial charge in [-0.05, 0) is 64.2 Å². The van der Waals surface area contributed by atoms with Crippen LogP contribution in [0.4, 0.5) is 0 Å². The molecule has 1 aromatic carbocycles. The summed E-state index contributed by atoms with van der Waals surface area (Å²) in [5.74, 6) is -0.328. The molecule has 0 radical (unpaired) electrons. The Kier molecular flexibility index (Phi) is 7.75. The van der Waals surface area contributed by atoms with Crippen LogP contribution in [-0.2, 0) is 9.53 Å². The summed E-state index contributed by atoms with van der Waals surface area (Å²) in [5, 5.41) is 0. The number of benzene rings is 1. The highest BCUT2D eigenvalue weighted by Gasteiger charge is 2.17. The van der Waals surface area contributed by atoms with Crippen LogP contribution in [0.3, 0.4) is 0 Å². The second-order valence-corrected chi connectivity index (χ2v) is 6.07. The molecule has 0 bridgehead atoms. The van der Waals surface area contributed by atoms with E-state index in [1.807, 2.05) is 46.1 Å². The highest BCUT2D eigenvalue weighted by molar-refractivity contribution is 5.94. The number of carbonyl (C=O) groups is 2. The summed E-state index contributed by atoms with van der Waals surface area (Å²) in [6, 6.07) is 5.72. The zero-order valence-electron chi connectivity index (χ0n) is 14.9. The Bertz CT molecular complexity index is 541. The average molecular weight is 320 g/mol. The van der Waals surface area contributed by atoms with Gasteiger partial charge in [0.15, 0.2) is 0 Å². The number of nitrogens with zero attached hydrogens (tertiary/aromatic N) is 2. The Hall–Kier alpha value is -1.88. The van der Waals surface area contributed by atoms with Gasteiger partial charge in [-0.25, -0.2) is 0 Å². The van der Waals surface area contributed by atoms with Gasteiger partial charge in [-0.2, -0.15) is 0 Å². The molecule has 128 valence electrons. The monoisotopic (exact) mass is 320 g/mol. The second-order valence-electron chi connectivity index (χ2n) is 6.07. The molecule has 0 aromatic heterocycles. The van der Waals surface area contributed by atoms with Gasteiger partial charge in [0.2, 0.25) is 0 Å². The van der Waals surface area contributed by atoms with Crippen LogP contribution in [0.2, 0.25) is 0 Å². The second kappa shape index (κ2) is 9.30. The number of carbonyl (C=O) groups excluding carboxylic acids is 2. The fourth-order valence-electron chi connectivity index (χ4n) is 2.28. The number of rotatable bonds is 8. The summed E-state index contributed by atoms with van der Waals surface area (Å²) >= 11 is 0. The minimum atomic E-state index is -0.296. The van der Waals surface area contributed by atoms with E-state index in [1.165, 1.54) is 7.11 Å². The van der Waals surface area contributed by atoms with Crippen molar-refractivity contribution in [2.24, 2.45) is 0 Å². The first-order valence-electron chi connectivity index (χ1n) is 7.93.